The molecule has 0 radical (unpaired) electrons. The molecule has 1 unspecified atom stereocenters. The molecule has 1 saturated carbocycles. The minimum absolute atomic E-state index is 0.0538. The largest absolute Gasteiger partial charge is 0.479 e. The summed E-state index contributed by atoms with van der Waals surface area (Å²) >= 11 is 11.9. The number of anilines is 1. The molecular weight excluding hydrogens is 387 g/mol. The fourth-order valence-electron chi connectivity index (χ4n) is 2.50. The highest BCUT2D eigenvalue weighted by molar-refractivity contribution is 6.35. The van der Waals surface area contributed by atoms with Crippen molar-refractivity contribution in [2.24, 2.45) is 5.92 Å². The van der Waals surface area contributed by atoms with Crippen molar-refractivity contribution in [3.63, 3.8) is 0 Å². The number of carbonyl (C=O) groups is 2. The summed E-state index contributed by atoms with van der Waals surface area (Å²) in [6.45, 7) is 1.97. The maximum atomic E-state index is 12.3. The number of hydrogen-bond acceptors (Lipinski definition) is 3. The first-order valence-electron chi connectivity index (χ1n) is 8.71. The van der Waals surface area contributed by atoms with Crippen LogP contribution in [0, 0.1) is 5.92 Å². The molecule has 0 heterocycles. The summed E-state index contributed by atoms with van der Waals surface area (Å²) in [4.78, 5) is 24.1. The Morgan fingerprint density at radius 1 is 1.19 bits per heavy atom. The van der Waals surface area contributed by atoms with Crippen LogP contribution in [0.5, 0.6) is 5.75 Å². The molecule has 0 spiro atoms. The fourth-order valence-corrected chi connectivity index (χ4v) is 2.95. The molecular formula is C20H20Cl2N2O3. The van der Waals surface area contributed by atoms with Gasteiger partial charge in [-0.15, -0.1) is 0 Å². The maximum absolute atomic E-state index is 12.3. The molecule has 2 aromatic carbocycles. The van der Waals surface area contributed by atoms with Crippen molar-refractivity contribution < 1.29 is 14.3 Å². The lowest BCUT2D eigenvalue weighted by Gasteiger charge is -2.16. The first-order valence-corrected chi connectivity index (χ1v) is 9.47. The third-order valence-corrected chi connectivity index (χ3v) is 4.71. The molecule has 5 nitrogen and oxygen atoms in total. The lowest BCUT2D eigenvalue weighted by molar-refractivity contribution is -0.127. The summed E-state index contributed by atoms with van der Waals surface area (Å²) in [7, 11) is 0. The molecule has 0 aromatic heterocycles. The van der Waals surface area contributed by atoms with Crippen molar-refractivity contribution in [1.29, 1.82) is 0 Å². The van der Waals surface area contributed by atoms with Crippen LogP contribution in [0.1, 0.15) is 25.3 Å². The van der Waals surface area contributed by atoms with E-state index in [1.807, 2.05) is 24.3 Å². The Balaban J connectivity index is 1.52. The van der Waals surface area contributed by atoms with Crippen molar-refractivity contribution in [2.45, 2.75) is 32.4 Å². The molecule has 3 rings (SSSR count). The minimum atomic E-state index is -0.721. The molecule has 0 bridgehead atoms. The minimum Gasteiger partial charge on any atom is -0.479 e. The third-order valence-electron chi connectivity index (χ3n) is 4.18. The summed E-state index contributed by atoms with van der Waals surface area (Å²) in [5.41, 5.74) is 1.62. The Morgan fingerprint density at radius 3 is 2.67 bits per heavy atom. The van der Waals surface area contributed by atoms with Crippen molar-refractivity contribution >= 4 is 40.7 Å². The van der Waals surface area contributed by atoms with E-state index in [1.54, 1.807) is 25.1 Å². The highest BCUT2D eigenvalue weighted by Crippen LogP contribution is 2.30. The van der Waals surface area contributed by atoms with Gasteiger partial charge in [0, 0.05) is 23.2 Å². The number of nitrogens with one attached hydrogen (secondary N) is 2. The number of amides is 2. The monoisotopic (exact) mass is 406 g/mol. The van der Waals surface area contributed by atoms with E-state index in [-0.39, 0.29) is 17.7 Å². The molecule has 0 aliphatic heterocycles. The highest BCUT2D eigenvalue weighted by atomic mass is 35.5. The molecule has 27 heavy (non-hydrogen) atoms. The van der Waals surface area contributed by atoms with Crippen LogP contribution in [0.2, 0.25) is 10.0 Å². The molecule has 2 N–H and O–H groups in total. The van der Waals surface area contributed by atoms with Crippen LogP contribution in [-0.2, 0) is 16.1 Å². The fraction of sp³-hybridized carbons (Fsp3) is 0.300. The number of halogens is 2. The van der Waals surface area contributed by atoms with Crippen LogP contribution in [0.3, 0.4) is 0 Å². The van der Waals surface area contributed by atoms with Crippen LogP contribution < -0.4 is 15.4 Å². The lowest BCUT2D eigenvalue weighted by Crippen LogP contribution is -2.36. The zero-order chi connectivity index (χ0) is 19.4. The van der Waals surface area contributed by atoms with Gasteiger partial charge in [0.15, 0.2) is 6.10 Å². The molecule has 7 heteroatoms. The predicted molar refractivity (Wildman–Crippen MR) is 106 cm³/mol. The molecule has 142 valence electrons. The summed E-state index contributed by atoms with van der Waals surface area (Å²) in [5, 5.41) is 6.56. The van der Waals surface area contributed by atoms with Gasteiger partial charge in [0.2, 0.25) is 5.91 Å². The lowest BCUT2D eigenvalue weighted by atomic mass is 10.2. The van der Waals surface area contributed by atoms with Crippen LogP contribution >= 0.6 is 23.2 Å². The molecule has 2 aromatic rings. The van der Waals surface area contributed by atoms with E-state index < -0.39 is 6.10 Å². The second-order valence-electron chi connectivity index (χ2n) is 6.52. The average molecular weight is 407 g/mol. The maximum Gasteiger partial charge on any atom is 0.261 e. The van der Waals surface area contributed by atoms with Gasteiger partial charge in [-0.25, -0.2) is 0 Å². The standard InChI is InChI=1S/C20H20Cl2N2O3/c1-12(27-18-8-7-15(21)10-17(18)22)19(25)23-11-13-3-2-4-16(9-13)24-20(26)14-5-6-14/h2-4,7-10,12,14H,5-6,11H2,1H3,(H,23,25)(H,24,26). The van der Waals surface area contributed by atoms with E-state index in [2.05, 4.69) is 10.6 Å². The van der Waals surface area contributed by atoms with Crippen LogP contribution in [0.4, 0.5) is 5.69 Å². The Morgan fingerprint density at radius 2 is 1.96 bits per heavy atom. The van der Waals surface area contributed by atoms with Gasteiger partial charge in [0.05, 0.1) is 5.02 Å². The summed E-state index contributed by atoms with van der Waals surface area (Å²) in [6, 6.07) is 12.2. The SMILES string of the molecule is CC(Oc1ccc(Cl)cc1Cl)C(=O)NCc1cccc(NC(=O)C2CC2)c1. The molecule has 2 amide bonds. The van der Waals surface area contributed by atoms with Gasteiger partial charge in [0.1, 0.15) is 5.75 Å². The van der Waals surface area contributed by atoms with Crippen molar-refractivity contribution in [1.82, 2.24) is 5.32 Å². The molecule has 1 aliphatic rings. The summed E-state index contributed by atoms with van der Waals surface area (Å²) in [5.74, 6) is 0.325. The number of hydrogen-bond donors (Lipinski definition) is 2. The predicted octanol–water partition coefficient (Wildman–Crippen LogP) is 4.43. The normalized spacial score (nSPS) is 14.3. The molecule has 1 fully saturated rings. The average Bonchev–Trinajstić information content (AvgIpc) is 3.47. The Kier molecular flexibility index (Phi) is 6.24. The van der Waals surface area contributed by atoms with Gasteiger partial charge in [0.25, 0.3) is 5.91 Å². The third kappa shape index (κ3) is 5.62. The summed E-state index contributed by atoms with van der Waals surface area (Å²) < 4.78 is 5.60. The van der Waals surface area contributed by atoms with E-state index in [0.29, 0.717) is 22.3 Å². The van der Waals surface area contributed by atoms with Gasteiger partial charge in [-0.2, -0.15) is 0 Å². The van der Waals surface area contributed by atoms with Gasteiger partial charge in [-0.1, -0.05) is 35.3 Å². The Bertz CT molecular complexity index is 853. The van der Waals surface area contributed by atoms with Gasteiger partial charge in [-0.3, -0.25) is 9.59 Å². The van der Waals surface area contributed by atoms with E-state index in [4.69, 9.17) is 27.9 Å². The Labute approximate surface area is 168 Å². The van der Waals surface area contributed by atoms with Crippen LogP contribution in [0.25, 0.3) is 0 Å². The van der Waals surface area contributed by atoms with Crippen molar-refractivity contribution in [3.8, 4) is 5.75 Å². The first kappa shape index (κ1) is 19.5. The number of carbonyl (C=O) groups excluding carboxylic acids is 2. The van der Waals surface area contributed by atoms with Crippen molar-refractivity contribution in [2.75, 3.05) is 5.32 Å². The topological polar surface area (TPSA) is 67.4 Å². The molecule has 1 aliphatic carbocycles. The van der Waals surface area contributed by atoms with Gasteiger partial charge >= 0.3 is 0 Å². The highest BCUT2D eigenvalue weighted by Gasteiger charge is 2.29. The second kappa shape index (κ2) is 8.63. The van der Waals surface area contributed by atoms with E-state index in [1.165, 1.54) is 0 Å². The number of rotatable bonds is 7. The van der Waals surface area contributed by atoms with Gasteiger partial charge < -0.3 is 15.4 Å². The van der Waals surface area contributed by atoms with E-state index in [0.717, 1.165) is 24.1 Å². The molecule has 1 atom stereocenters. The second-order valence-corrected chi connectivity index (χ2v) is 7.36. The Hall–Kier alpha value is -2.24. The van der Waals surface area contributed by atoms with Gasteiger partial charge in [-0.05, 0) is 55.7 Å². The quantitative estimate of drug-likeness (QED) is 0.714. The zero-order valence-electron chi connectivity index (χ0n) is 14.8. The first-order chi connectivity index (χ1) is 12.9. The van der Waals surface area contributed by atoms with E-state index >= 15 is 0 Å². The van der Waals surface area contributed by atoms with Crippen molar-refractivity contribution in [3.05, 3.63) is 58.1 Å². The number of ether oxygens (including phenoxy) is 1. The molecule has 0 saturated heterocycles. The smallest absolute Gasteiger partial charge is 0.261 e. The number of benzene rings is 2. The summed E-state index contributed by atoms with van der Waals surface area (Å²) in [6.07, 6.45) is 1.19. The van der Waals surface area contributed by atoms with Crippen LogP contribution in [0.15, 0.2) is 42.5 Å². The van der Waals surface area contributed by atoms with E-state index in [9.17, 15) is 9.59 Å². The zero-order valence-corrected chi connectivity index (χ0v) is 16.3. The van der Waals surface area contributed by atoms with Crippen LogP contribution in [-0.4, -0.2) is 17.9 Å².